The molecule has 3 N–H and O–H groups in total. The second kappa shape index (κ2) is 6.03. The molecule has 1 aliphatic heterocycles. The summed E-state index contributed by atoms with van der Waals surface area (Å²) in [6, 6.07) is -0.0412. The fourth-order valence-electron chi connectivity index (χ4n) is 2.70. The van der Waals surface area contributed by atoms with Crippen LogP contribution in [0.1, 0.15) is 45.4 Å². The van der Waals surface area contributed by atoms with Crippen molar-refractivity contribution in [3.63, 3.8) is 0 Å². The normalized spacial score (nSPS) is 37.3. The van der Waals surface area contributed by atoms with Gasteiger partial charge in [-0.1, -0.05) is 12.8 Å². The third-order valence-corrected chi connectivity index (χ3v) is 3.92. The van der Waals surface area contributed by atoms with Crippen LogP contribution in [-0.4, -0.2) is 35.2 Å². The number of amides is 1. The number of hydrogen-bond acceptors (Lipinski definition) is 3. The Morgan fingerprint density at radius 1 is 1.35 bits per heavy atom. The first-order valence-corrected chi connectivity index (χ1v) is 6.36. The van der Waals surface area contributed by atoms with Crippen molar-refractivity contribution in [2.24, 2.45) is 0 Å². The number of rotatable bonds is 2. The van der Waals surface area contributed by atoms with Crippen LogP contribution in [0.2, 0.25) is 0 Å². The molecule has 2 aliphatic rings. The van der Waals surface area contributed by atoms with E-state index in [1.165, 1.54) is 0 Å². The molecule has 0 radical (unpaired) electrons. The molecule has 100 valence electrons. The van der Waals surface area contributed by atoms with E-state index in [1.807, 2.05) is 6.92 Å². The molecule has 0 aromatic carbocycles. The lowest BCUT2D eigenvalue weighted by Crippen LogP contribution is -2.56. The molecule has 0 aromatic heterocycles. The van der Waals surface area contributed by atoms with Gasteiger partial charge in [-0.2, -0.15) is 0 Å². The largest absolute Gasteiger partial charge is 0.391 e. The van der Waals surface area contributed by atoms with Gasteiger partial charge in [-0.15, -0.1) is 12.4 Å². The fourth-order valence-corrected chi connectivity index (χ4v) is 2.70. The van der Waals surface area contributed by atoms with Crippen molar-refractivity contribution in [2.75, 3.05) is 6.54 Å². The Bertz CT molecular complexity index is 267. The second-order valence-electron chi connectivity index (χ2n) is 5.29. The summed E-state index contributed by atoms with van der Waals surface area (Å²) >= 11 is 0. The van der Waals surface area contributed by atoms with E-state index in [-0.39, 0.29) is 30.5 Å². The van der Waals surface area contributed by atoms with Gasteiger partial charge in [0, 0.05) is 0 Å². The van der Waals surface area contributed by atoms with E-state index in [2.05, 4.69) is 10.6 Å². The maximum atomic E-state index is 12.1. The van der Waals surface area contributed by atoms with Gasteiger partial charge in [0.1, 0.15) is 0 Å². The molecule has 5 heteroatoms. The molecule has 0 bridgehead atoms. The summed E-state index contributed by atoms with van der Waals surface area (Å²) in [7, 11) is 0. The molecule has 1 saturated heterocycles. The monoisotopic (exact) mass is 262 g/mol. The smallest absolute Gasteiger partial charge is 0.240 e. The van der Waals surface area contributed by atoms with Gasteiger partial charge in [0.2, 0.25) is 5.91 Å². The average molecular weight is 263 g/mol. The zero-order chi connectivity index (χ0) is 11.6. The zero-order valence-corrected chi connectivity index (χ0v) is 11.2. The third-order valence-electron chi connectivity index (χ3n) is 3.92. The van der Waals surface area contributed by atoms with Gasteiger partial charge in [-0.3, -0.25) is 4.79 Å². The Kier molecular flexibility index (Phi) is 5.22. The number of hydrogen-bond donors (Lipinski definition) is 3. The van der Waals surface area contributed by atoms with E-state index in [4.69, 9.17) is 0 Å². The second-order valence-corrected chi connectivity index (χ2v) is 5.29. The number of nitrogens with one attached hydrogen (secondary N) is 2. The van der Waals surface area contributed by atoms with E-state index in [0.29, 0.717) is 0 Å². The maximum absolute atomic E-state index is 12.1. The summed E-state index contributed by atoms with van der Waals surface area (Å²) < 4.78 is 0. The quantitative estimate of drug-likeness (QED) is 0.695. The number of aliphatic hydroxyl groups excluding tert-OH is 1. The molecular weight excluding hydrogens is 240 g/mol. The standard InChI is InChI=1S/C12H22N2O2.ClH/c1-12(7-4-8-13-12)11(16)14-9-5-2-3-6-10(9)15;/h9-10,13,15H,2-8H2,1H3,(H,14,16);1H. The van der Waals surface area contributed by atoms with E-state index >= 15 is 0 Å². The Hall–Kier alpha value is -0.320. The summed E-state index contributed by atoms with van der Waals surface area (Å²) in [6.07, 6.45) is 5.48. The molecule has 3 atom stereocenters. The van der Waals surface area contributed by atoms with Crippen LogP contribution >= 0.6 is 12.4 Å². The highest BCUT2D eigenvalue weighted by molar-refractivity contribution is 5.86. The van der Waals surface area contributed by atoms with Crippen LogP contribution in [0.4, 0.5) is 0 Å². The van der Waals surface area contributed by atoms with Crippen molar-refractivity contribution in [2.45, 2.75) is 63.1 Å². The Morgan fingerprint density at radius 2 is 2.06 bits per heavy atom. The van der Waals surface area contributed by atoms with Crippen molar-refractivity contribution in [1.82, 2.24) is 10.6 Å². The van der Waals surface area contributed by atoms with Gasteiger partial charge in [-0.25, -0.2) is 0 Å². The van der Waals surface area contributed by atoms with Crippen molar-refractivity contribution in [1.29, 1.82) is 0 Å². The van der Waals surface area contributed by atoms with Crippen LogP contribution in [0.25, 0.3) is 0 Å². The first-order valence-electron chi connectivity index (χ1n) is 6.36. The summed E-state index contributed by atoms with van der Waals surface area (Å²) in [4.78, 5) is 12.1. The van der Waals surface area contributed by atoms with Crippen LogP contribution in [0.15, 0.2) is 0 Å². The van der Waals surface area contributed by atoms with Crippen LogP contribution < -0.4 is 10.6 Å². The summed E-state index contributed by atoms with van der Waals surface area (Å²) in [5.41, 5.74) is -0.419. The van der Waals surface area contributed by atoms with E-state index in [9.17, 15) is 9.90 Å². The molecule has 4 nitrogen and oxygen atoms in total. The minimum absolute atomic E-state index is 0. The van der Waals surface area contributed by atoms with Crippen LogP contribution in [0.3, 0.4) is 0 Å². The molecule has 2 rings (SSSR count). The van der Waals surface area contributed by atoms with Gasteiger partial charge < -0.3 is 15.7 Å². The van der Waals surface area contributed by atoms with Gasteiger partial charge in [0.15, 0.2) is 0 Å². The van der Waals surface area contributed by atoms with Gasteiger partial charge >= 0.3 is 0 Å². The summed E-state index contributed by atoms with van der Waals surface area (Å²) in [5, 5.41) is 16.1. The molecule has 1 heterocycles. The Balaban J connectivity index is 0.00000144. The van der Waals surface area contributed by atoms with E-state index in [0.717, 1.165) is 45.1 Å². The zero-order valence-electron chi connectivity index (χ0n) is 10.4. The fraction of sp³-hybridized carbons (Fsp3) is 0.917. The molecule has 1 aliphatic carbocycles. The highest BCUT2D eigenvalue weighted by atomic mass is 35.5. The molecule has 3 unspecified atom stereocenters. The topological polar surface area (TPSA) is 61.4 Å². The van der Waals surface area contributed by atoms with Gasteiger partial charge in [0.25, 0.3) is 0 Å². The number of aliphatic hydroxyl groups is 1. The Morgan fingerprint density at radius 3 is 2.65 bits per heavy atom. The first-order chi connectivity index (χ1) is 7.62. The van der Waals surface area contributed by atoms with Crippen molar-refractivity contribution < 1.29 is 9.90 Å². The highest BCUT2D eigenvalue weighted by Crippen LogP contribution is 2.22. The predicted molar refractivity (Wildman–Crippen MR) is 69.3 cm³/mol. The minimum Gasteiger partial charge on any atom is -0.391 e. The SMILES string of the molecule is CC1(C(=O)NC2CCCCC2O)CCCN1.Cl. The lowest BCUT2D eigenvalue weighted by Gasteiger charge is -2.32. The van der Waals surface area contributed by atoms with Crippen molar-refractivity contribution >= 4 is 18.3 Å². The predicted octanol–water partition coefficient (Wildman–Crippen LogP) is 0.970. The minimum atomic E-state index is -0.419. The van der Waals surface area contributed by atoms with Crippen molar-refractivity contribution in [3.05, 3.63) is 0 Å². The number of carbonyl (C=O) groups is 1. The van der Waals surface area contributed by atoms with Crippen LogP contribution in [0.5, 0.6) is 0 Å². The van der Waals surface area contributed by atoms with Gasteiger partial charge in [0.05, 0.1) is 17.7 Å². The maximum Gasteiger partial charge on any atom is 0.240 e. The highest BCUT2D eigenvalue weighted by Gasteiger charge is 2.37. The van der Waals surface area contributed by atoms with E-state index in [1.54, 1.807) is 0 Å². The van der Waals surface area contributed by atoms with Crippen LogP contribution in [-0.2, 0) is 4.79 Å². The van der Waals surface area contributed by atoms with E-state index < -0.39 is 5.54 Å². The lowest BCUT2D eigenvalue weighted by atomic mass is 9.91. The summed E-state index contributed by atoms with van der Waals surface area (Å²) in [6.45, 7) is 2.86. The number of halogens is 1. The molecular formula is C12H23ClN2O2. The van der Waals surface area contributed by atoms with Crippen LogP contribution in [0, 0.1) is 0 Å². The molecule has 0 spiro atoms. The first kappa shape index (κ1) is 14.7. The summed E-state index contributed by atoms with van der Waals surface area (Å²) in [5.74, 6) is 0.0518. The lowest BCUT2D eigenvalue weighted by molar-refractivity contribution is -0.128. The number of carbonyl (C=O) groups excluding carboxylic acids is 1. The molecule has 0 aromatic rings. The average Bonchev–Trinajstić information content (AvgIpc) is 2.70. The van der Waals surface area contributed by atoms with Crippen molar-refractivity contribution in [3.8, 4) is 0 Å². The molecule has 2 fully saturated rings. The molecule has 17 heavy (non-hydrogen) atoms. The Labute approximate surface area is 109 Å². The molecule has 1 saturated carbocycles. The van der Waals surface area contributed by atoms with Gasteiger partial charge in [-0.05, 0) is 39.2 Å². The molecule has 1 amide bonds. The third kappa shape index (κ3) is 3.33.